The fourth-order valence-corrected chi connectivity index (χ4v) is 3.19. The normalized spacial score (nSPS) is 14.0. The van der Waals surface area contributed by atoms with Crippen LogP contribution in [-0.2, 0) is 11.3 Å². The van der Waals surface area contributed by atoms with Gasteiger partial charge in [-0.3, -0.25) is 14.2 Å². The number of hydrogen-bond donors (Lipinski definition) is 0. The third-order valence-electron chi connectivity index (χ3n) is 4.59. The van der Waals surface area contributed by atoms with E-state index in [1.807, 2.05) is 31.2 Å². The molecule has 0 radical (unpaired) electrons. The second kappa shape index (κ2) is 7.18. The van der Waals surface area contributed by atoms with Gasteiger partial charge in [0.05, 0.1) is 12.3 Å². The first-order valence-electron chi connectivity index (χ1n) is 8.99. The molecule has 0 aliphatic carbocycles. The molecule has 4 rings (SSSR count). The number of aromatic nitrogens is 5. The Hall–Kier alpha value is -3.23. The molecule has 1 aromatic carbocycles. The van der Waals surface area contributed by atoms with Crippen molar-refractivity contribution >= 4 is 17.1 Å². The first-order valence-corrected chi connectivity index (χ1v) is 8.99. The van der Waals surface area contributed by atoms with E-state index in [-0.39, 0.29) is 23.5 Å². The van der Waals surface area contributed by atoms with Gasteiger partial charge in [0.25, 0.3) is 5.56 Å². The number of ether oxygens (including phenoxy) is 1. The van der Waals surface area contributed by atoms with Gasteiger partial charge in [0.2, 0.25) is 5.91 Å². The largest absolute Gasteiger partial charge is 0.494 e. The second-order valence-corrected chi connectivity index (χ2v) is 6.37. The molecule has 0 N–H and O–H groups in total. The molecule has 0 spiro atoms. The summed E-state index contributed by atoms with van der Waals surface area (Å²) in [6, 6.07) is 7.29. The van der Waals surface area contributed by atoms with Crippen LogP contribution in [0.1, 0.15) is 19.8 Å². The van der Waals surface area contributed by atoms with Crippen molar-refractivity contribution in [3.05, 3.63) is 40.9 Å². The lowest BCUT2D eigenvalue weighted by atomic mass is 10.3. The van der Waals surface area contributed by atoms with Crippen molar-refractivity contribution in [2.45, 2.75) is 26.3 Å². The van der Waals surface area contributed by atoms with Gasteiger partial charge in [0.15, 0.2) is 11.2 Å². The van der Waals surface area contributed by atoms with Crippen molar-refractivity contribution in [2.24, 2.45) is 0 Å². The van der Waals surface area contributed by atoms with E-state index in [0.29, 0.717) is 12.3 Å². The topological polar surface area (TPSA) is 95.1 Å². The average molecular weight is 368 g/mol. The molecule has 0 unspecified atom stereocenters. The summed E-state index contributed by atoms with van der Waals surface area (Å²) in [6.07, 6.45) is 3.40. The Balaban J connectivity index is 1.63. The number of likely N-dealkylation sites (tertiary alicyclic amines) is 1. The molecule has 3 heterocycles. The lowest BCUT2D eigenvalue weighted by Crippen LogP contribution is -2.34. The van der Waals surface area contributed by atoms with Gasteiger partial charge in [-0.1, -0.05) is 5.21 Å². The van der Waals surface area contributed by atoms with E-state index in [0.717, 1.165) is 37.4 Å². The first-order chi connectivity index (χ1) is 13.2. The van der Waals surface area contributed by atoms with E-state index < -0.39 is 0 Å². The molecule has 1 saturated heterocycles. The Morgan fingerprint density at radius 2 is 1.93 bits per heavy atom. The third kappa shape index (κ3) is 3.27. The zero-order valence-corrected chi connectivity index (χ0v) is 15.0. The highest BCUT2D eigenvalue weighted by Gasteiger charge is 2.20. The van der Waals surface area contributed by atoms with E-state index in [1.54, 1.807) is 4.90 Å². The molecular weight excluding hydrogens is 348 g/mol. The maximum atomic E-state index is 12.7. The fraction of sp³-hybridized carbons (Fsp3) is 0.389. The van der Waals surface area contributed by atoms with Crippen LogP contribution in [0.5, 0.6) is 5.75 Å². The molecule has 140 valence electrons. The molecule has 27 heavy (non-hydrogen) atoms. The minimum atomic E-state index is -0.371. The first kappa shape index (κ1) is 17.2. The van der Waals surface area contributed by atoms with Crippen LogP contribution in [0.15, 0.2) is 35.4 Å². The molecular formula is C18H20N6O3. The SMILES string of the molecule is CCOc1ccc(-n2nnc3c(=O)n(CC(=O)N4CCCC4)cnc32)cc1. The number of nitrogens with zero attached hydrogens (tertiary/aromatic N) is 6. The van der Waals surface area contributed by atoms with Crippen molar-refractivity contribution in [3.63, 3.8) is 0 Å². The van der Waals surface area contributed by atoms with E-state index in [2.05, 4.69) is 15.3 Å². The predicted octanol–water partition coefficient (Wildman–Crippen LogP) is 0.998. The standard InChI is InChI=1S/C18H20N6O3/c1-2-27-14-7-5-13(6-8-14)24-17-16(20-21-24)18(26)23(12-19-17)11-15(25)22-9-3-4-10-22/h5-8,12H,2-4,9-11H2,1H3. The van der Waals surface area contributed by atoms with Crippen molar-refractivity contribution in [2.75, 3.05) is 19.7 Å². The van der Waals surface area contributed by atoms with E-state index in [4.69, 9.17) is 4.74 Å². The van der Waals surface area contributed by atoms with Crippen molar-refractivity contribution < 1.29 is 9.53 Å². The van der Waals surface area contributed by atoms with Crippen molar-refractivity contribution in [3.8, 4) is 11.4 Å². The van der Waals surface area contributed by atoms with Crippen LogP contribution in [0.2, 0.25) is 0 Å². The maximum Gasteiger partial charge on any atom is 0.284 e. The maximum absolute atomic E-state index is 12.7. The van der Waals surface area contributed by atoms with Gasteiger partial charge in [0.1, 0.15) is 18.6 Å². The number of rotatable bonds is 5. The summed E-state index contributed by atoms with van der Waals surface area (Å²) in [4.78, 5) is 31.1. The molecule has 0 saturated carbocycles. The van der Waals surface area contributed by atoms with Crippen LogP contribution < -0.4 is 10.3 Å². The summed E-state index contributed by atoms with van der Waals surface area (Å²) >= 11 is 0. The van der Waals surface area contributed by atoms with Crippen LogP contribution in [0, 0.1) is 0 Å². The Morgan fingerprint density at radius 1 is 1.19 bits per heavy atom. The molecule has 2 aromatic heterocycles. The predicted molar refractivity (Wildman–Crippen MR) is 97.9 cm³/mol. The molecule has 0 atom stereocenters. The minimum Gasteiger partial charge on any atom is -0.494 e. The Morgan fingerprint density at radius 3 is 2.63 bits per heavy atom. The lowest BCUT2D eigenvalue weighted by Gasteiger charge is -2.15. The molecule has 9 nitrogen and oxygen atoms in total. The molecule has 9 heteroatoms. The van der Waals surface area contributed by atoms with E-state index in [1.165, 1.54) is 15.6 Å². The summed E-state index contributed by atoms with van der Waals surface area (Å²) in [5.41, 5.74) is 0.845. The van der Waals surface area contributed by atoms with Gasteiger partial charge in [-0.15, -0.1) is 5.10 Å². The van der Waals surface area contributed by atoms with Crippen LogP contribution in [0.3, 0.4) is 0 Å². The van der Waals surface area contributed by atoms with Gasteiger partial charge in [-0.25, -0.2) is 4.98 Å². The quantitative estimate of drug-likeness (QED) is 0.667. The zero-order valence-electron chi connectivity index (χ0n) is 15.0. The highest BCUT2D eigenvalue weighted by molar-refractivity contribution is 5.77. The van der Waals surface area contributed by atoms with Crippen LogP contribution >= 0.6 is 0 Å². The molecule has 1 aliphatic heterocycles. The minimum absolute atomic E-state index is 0.0301. The third-order valence-corrected chi connectivity index (χ3v) is 4.59. The van der Waals surface area contributed by atoms with Crippen molar-refractivity contribution in [1.29, 1.82) is 0 Å². The average Bonchev–Trinajstić information content (AvgIpc) is 3.35. The number of benzene rings is 1. The summed E-state index contributed by atoms with van der Waals surface area (Å²) in [5, 5.41) is 8.03. The van der Waals surface area contributed by atoms with E-state index >= 15 is 0 Å². The Labute approximate surface area is 155 Å². The molecule has 0 bridgehead atoms. The van der Waals surface area contributed by atoms with Gasteiger partial charge >= 0.3 is 0 Å². The van der Waals surface area contributed by atoms with Crippen LogP contribution in [-0.4, -0.2) is 55.0 Å². The molecule has 3 aromatic rings. The van der Waals surface area contributed by atoms with Crippen molar-refractivity contribution in [1.82, 2.24) is 29.4 Å². The van der Waals surface area contributed by atoms with Crippen LogP contribution in [0.25, 0.3) is 16.9 Å². The number of carbonyl (C=O) groups is 1. The Kier molecular flexibility index (Phi) is 4.57. The second-order valence-electron chi connectivity index (χ2n) is 6.37. The van der Waals surface area contributed by atoms with Gasteiger partial charge in [-0.2, -0.15) is 4.68 Å². The number of hydrogen-bond acceptors (Lipinski definition) is 6. The zero-order chi connectivity index (χ0) is 18.8. The summed E-state index contributed by atoms with van der Waals surface area (Å²) in [6.45, 7) is 3.97. The number of amides is 1. The molecule has 1 amide bonds. The van der Waals surface area contributed by atoms with Gasteiger partial charge < -0.3 is 9.64 Å². The van der Waals surface area contributed by atoms with Gasteiger partial charge in [0, 0.05) is 13.1 Å². The Bertz CT molecular complexity index is 1020. The fourth-order valence-electron chi connectivity index (χ4n) is 3.19. The summed E-state index contributed by atoms with van der Waals surface area (Å²) < 4.78 is 8.22. The smallest absolute Gasteiger partial charge is 0.284 e. The van der Waals surface area contributed by atoms with E-state index in [9.17, 15) is 9.59 Å². The number of fused-ring (bicyclic) bond motifs is 1. The molecule has 1 fully saturated rings. The monoisotopic (exact) mass is 368 g/mol. The summed E-state index contributed by atoms with van der Waals surface area (Å²) in [7, 11) is 0. The highest BCUT2D eigenvalue weighted by atomic mass is 16.5. The lowest BCUT2D eigenvalue weighted by molar-refractivity contribution is -0.130. The number of carbonyl (C=O) groups excluding carboxylic acids is 1. The van der Waals surface area contributed by atoms with Gasteiger partial charge in [-0.05, 0) is 44.0 Å². The molecule has 1 aliphatic rings. The highest BCUT2D eigenvalue weighted by Crippen LogP contribution is 2.17. The summed E-state index contributed by atoms with van der Waals surface area (Å²) in [5.74, 6) is 0.677. The van der Waals surface area contributed by atoms with Crippen LogP contribution in [0.4, 0.5) is 0 Å².